The first kappa shape index (κ1) is 21.6. The van der Waals surface area contributed by atoms with Gasteiger partial charge in [0, 0.05) is 22.3 Å². The maximum atomic E-state index is 13.1. The van der Waals surface area contributed by atoms with Crippen molar-refractivity contribution in [3.63, 3.8) is 0 Å². The van der Waals surface area contributed by atoms with Crippen molar-refractivity contribution in [2.45, 2.75) is 30.2 Å². The number of benzene rings is 2. The topological polar surface area (TPSA) is 104 Å². The number of hydrogen-bond acceptors (Lipinski definition) is 4. The smallest absolute Gasteiger partial charge is 0.307 e. The van der Waals surface area contributed by atoms with Crippen LogP contribution in [0.2, 0.25) is 10.0 Å². The van der Waals surface area contributed by atoms with E-state index in [1.54, 1.807) is 24.3 Å². The zero-order chi connectivity index (χ0) is 21.2. The van der Waals surface area contributed by atoms with Gasteiger partial charge in [-0.1, -0.05) is 41.4 Å². The molecule has 3 rings (SSSR count). The number of carbonyl (C=O) groups is 2. The monoisotopic (exact) mass is 456 g/mol. The van der Waals surface area contributed by atoms with E-state index in [4.69, 9.17) is 28.3 Å². The molecule has 1 amide bonds. The lowest BCUT2D eigenvalue weighted by atomic mass is 10.1. The summed E-state index contributed by atoms with van der Waals surface area (Å²) in [5, 5.41) is 12.1. The number of sulfonamides is 1. The molecule has 0 unspecified atom stereocenters. The highest BCUT2D eigenvalue weighted by molar-refractivity contribution is 7.89. The first-order valence-electron chi connectivity index (χ1n) is 8.77. The van der Waals surface area contributed by atoms with Gasteiger partial charge in [0.05, 0.1) is 11.3 Å². The molecule has 1 aliphatic heterocycles. The van der Waals surface area contributed by atoms with Crippen LogP contribution < -0.4 is 5.32 Å². The number of carboxylic acids is 1. The van der Waals surface area contributed by atoms with Crippen LogP contribution in [0.25, 0.3) is 0 Å². The standard InChI is InChI=1S/C19H18Cl2N2O5S/c20-13-9-14(21)11-15(10-13)29(27,28)23-7-3-6-17(23)19(26)22-16-5-2-1-4-12(16)8-18(24)25/h1-2,4-5,9-11,17H,3,6-8H2,(H,22,26)(H,24,25)/t17-/m0/s1. The van der Waals surface area contributed by atoms with E-state index in [9.17, 15) is 18.0 Å². The predicted molar refractivity (Wildman–Crippen MR) is 110 cm³/mol. The van der Waals surface area contributed by atoms with Crippen molar-refractivity contribution in [3.05, 3.63) is 58.1 Å². The Bertz CT molecular complexity index is 1040. The van der Waals surface area contributed by atoms with E-state index in [1.165, 1.54) is 18.2 Å². The highest BCUT2D eigenvalue weighted by Gasteiger charge is 2.39. The number of halogens is 2. The predicted octanol–water partition coefficient (Wildman–Crippen LogP) is 3.41. The van der Waals surface area contributed by atoms with Crippen molar-refractivity contribution in [2.24, 2.45) is 0 Å². The van der Waals surface area contributed by atoms with Crippen LogP contribution in [0.1, 0.15) is 18.4 Å². The SMILES string of the molecule is O=C(O)Cc1ccccc1NC(=O)[C@@H]1CCCN1S(=O)(=O)c1cc(Cl)cc(Cl)c1. The first-order valence-corrected chi connectivity index (χ1v) is 11.0. The molecule has 0 saturated carbocycles. The van der Waals surface area contributed by atoms with Crippen molar-refractivity contribution in [1.82, 2.24) is 4.31 Å². The van der Waals surface area contributed by atoms with Crippen LogP contribution in [0.15, 0.2) is 47.4 Å². The average Bonchev–Trinajstić information content (AvgIpc) is 3.13. The number of amides is 1. The second kappa shape index (κ2) is 8.71. The van der Waals surface area contributed by atoms with E-state index in [0.717, 1.165) is 4.31 Å². The number of nitrogens with zero attached hydrogens (tertiary/aromatic N) is 1. The van der Waals surface area contributed by atoms with Gasteiger partial charge in [0.1, 0.15) is 6.04 Å². The molecular weight excluding hydrogens is 439 g/mol. The number of rotatable bonds is 6. The summed E-state index contributed by atoms with van der Waals surface area (Å²) < 4.78 is 27.3. The zero-order valence-corrected chi connectivity index (χ0v) is 17.5. The molecule has 2 aromatic rings. The summed E-state index contributed by atoms with van der Waals surface area (Å²) >= 11 is 11.9. The highest BCUT2D eigenvalue weighted by atomic mass is 35.5. The van der Waals surface area contributed by atoms with Gasteiger partial charge in [0.2, 0.25) is 15.9 Å². The third-order valence-corrected chi connectivity index (χ3v) is 6.89. The number of hydrogen-bond donors (Lipinski definition) is 2. The van der Waals surface area contributed by atoms with Crippen LogP contribution in [0, 0.1) is 0 Å². The molecule has 154 valence electrons. The molecule has 0 spiro atoms. The Morgan fingerprint density at radius 3 is 2.45 bits per heavy atom. The van der Waals surface area contributed by atoms with Gasteiger partial charge in [-0.15, -0.1) is 0 Å². The van der Waals surface area contributed by atoms with E-state index in [2.05, 4.69) is 5.32 Å². The number of carboxylic acid groups (broad SMARTS) is 1. The quantitative estimate of drug-likeness (QED) is 0.692. The molecule has 2 N–H and O–H groups in total. The number of nitrogens with one attached hydrogen (secondary N) is 1. The lowest BCUT2D eigenvalue weighted by Gasteiger charge is -2.24. The molecule has 29 heavy (non-hydrogen) atoms. The highest BCUT2D eigenvalue weighted by Crippen LogP contribution is 2.30. The van der Waals surface area contributed by atoms with Crippen molar-refractivity contribution >= 4 is 50.8 Å². The van der Waals surface area contributed by atoms with E-state index in [1.807, 2.05) is 0 Å². The third-order valence-electron chi connectivity index (χ3n) is 4.57. The van der Waals surface area contributed by atoms with E-state index in [-0.39, 0.29) is 27.9 Å². The Morgan fingerprint density at radius 1 is 1.14 bits per heavy atom. The Hall–Kier alpha value is -2.13. The molecule has 1 heterocycles. The number of carbonyl (C=O) groups excluding carboxylic acids is 1. The second-order valence-corrected chi connectivity index (χ2v) is 9.36. The molecule has 0 bridgehead atoms. The molecule has 10 heteroatoms. The molecule has 2 aromatic carbocycles. The third kappa shape index (κ3) is 4.90. The molecule has 7 nitrogen and oxygen atoms in total. The van der Waals surface area contributed by atoms with Crippen LogP contribution in [-0.4, -0.2) is 42.3 Å². The lowest BCUT2D eigenvalue weighted by molar-refractivity contribution is -0.136. The molecule has 1 atom stereocenters. The molecule has 1 fully saturated rings. The fraction of sp³-hybridized carbons (Fsp3) is 0.263. The van der Waals surface area contributed by atoms with Crippen molar-refractivity contribution in [3.8, 4) is 0 Å². The summed E-state index contributed by atoms with van der Waals surface area (Å²) in [4.78, 5) is 23.8. The fourth-order valence-electron chi connectivity index (χ4n) is 3.28. The normalized spacial score (nSPS) is 17.2. The summed E-state index contributed by atoms with van der Waals surface area (Å²) in [6.07, 6.45) is 0.604. The number of aliphatic carboxylic acids is 1. The molecule has 0 aliphatic carbocycles. The maximum absolute atomic E-state index is 13.1. The lowest BCUT2D eigenvalue weighted by Crippen LogP contribution is -2.43. The Kier molecular flexibility index (Phi) is 6.48. The van der Waals surface area contributed by atoms with Gasteiger partial charge >= 0.3 is 5.97 Å². The summed E-state index contributed by atoms with van der Waals surface area (Å²) in [5.74, 6) is -1.55. The van der Waals surface area contributed by atoms with Gasteiger partial charge in [-0.2, -0.15) is 4.31 Å². The van der Waals surface area contributed by atoms with Crippen LogP contribution in [0.3, 0.4) is 0 Å². The van der Waals surface area contributed by atoms with Gasteiger partial charge in [-0.25, -0.2) is 8.42 Å². The zero-order valence-electron chi connectivity index (χ0n) is 15.1. The van der Waals surface area contributed by atoms with Gasteiger partial charge in [-0.3, -0.25) is 9.59 Å². The van der Waals surface area contributed by atoms with Gasteiger partial charge in [0.15, 0.2) is 0 Å². The van der Waals surface area contributed by atoms with Gasteiger partial charge in [-0.05, 0) is 42.7 Å². The number of anilines is 1. The summed E-state index contributed by atoms with van der Waals surface area (Å²) in [6.45, 7) is 0.182. The largest absolute Gasteiger partial charge is 0.481 e. The summed E-state index contributed by atoms with van der Waals surface area (Å²) in [6, 6.07) is 9.60. The summed E-state index contributed by atoms with van der Waals surface area (Å²) in [7, 11) is -3.99. The molecule has 0 radical (unpaired) electrons. The van der Waals surface area contributed by atoms with Crippen LogP contribution in [0.5, 0.6) is 0 Å². The maximum Gasteiger partial charge on any atom is 0.307 e. The fourth-order valence-corrected chi connectivity index (χ4v) is 5.66. The van der Waals surface area contributed by atoms with E-state index in [0.29, 0.717) is 24.1 Å². The Balaban J connectivity index is 1.86. The minimum Gasteiger partial charge on any atom is -0.481 e. The van der Waals surface area contributed by atoms with Gasteiger partial charge in [0.25, 0.3) is 0 Å². The van der Waals surface area contributed by atoms with Crippen molar-refractivity contribution in [2.75, 3.05) is 11.9 Å². The van der Waals surface area contributed by atoms with Gasteiger partial charge < -0.3 is 10.4 Å². The van der Waals surface area contributed by atoms with Crippen LogP contribution >= 0.6 is 23.2 Å². The van der Waals surface area contributed by atoms with Crippen LogP contribution in [0.4, 0.5) is 5.69 Å². The minimum absolute atomic E-state index is 0.0824. The van der Waals surface area contributed by atoms with E-state index < -0.39 is 27.9 Å². The first-order chi connectivity index (χ1) is 13.7. The summed E-state index contributed by atoms with van der Waals surface area (Å²) in [5.41, 5.74) is 0.775. The Labute approximate surface area is 178 Å². The molecule has 1 aliphatic rings. The van der Waals surface area contributed by atoms with E-state index >= 15 is 0 Å². The minimum atomic E-state index is -3.99. The molecule has 1 saturated heterocycles. The average molecular weight is 457 g/mol. The number of para-hydroxylation sites is 1. The second-order valence-electron chi connectivity index (χ2n) is 6.60. The van der Waals surface area contributed by atoms with Crippen molar-refractivity contribution in [1.29, 1.82) is 0 Å². The Morgan fingerprint density at radius 2 is 1.79 bits per heavy atom. The molecule has 0 aromatic heterocycles. The van der Waals surface area contributed by atoms with Crippen molar-refractivity contribution < 1.29 is 23.1 Å². The van der Waals surface area contributed by atoms with Crippen LogP contribution in [-0.2, 0) is 26.0 Å². The molecular formula is C19H18Cl2N2O5S.